The van der Waals surface area contributed by atoms with Gasteiger partial charge in [-0.05, 0) is 30.7 Å². The van der Waals surface area contributed by atoms with Crippen LogP contribution in [0, 0.1) is 0 Å². The summed E-state index contributed by atoms with van der Waals surface area (Å²) in [5.41, 5.74) is 6.48. The summed E-state index contributed by atoms with van der Waals surface area (Å²) in [5.74, 6) is 0.807. The molecule has 1 aliphatic heterocycles. The molecule has 0 saturated heterocycles. The lowest BCUT2D eigenvalue weighted by Crippen LogP contribution is -2.23. The van der Waals surface area contributed by atoms with E-state index in [9.17, 15) is 0 Å². The number of hydrogen-bond acceptors (Lipinski definition) is 2. The number of nitrogens with zero attached hydrogens (tertiary/aromatic N) is 1. The average Bonchev–Trinajstić information content (AvgIpc) is 2.74. The smallest absolute Gasteiger partial charge is 0.121 e. The first-order valence-corrected chi connectivity index (χ1v) is 7.54. The van der Waals surface area contributed by atoms with E-state index >= 15 is 0 Å². The van der Waals surface area contributed by atoms with Gasteiger partial charge in [0.15, 0.2) is 0 Å². The Labute approximate surface area is 131 Å². The molecule has 0 radical (unpaired) electrons. The molecule has 0 N–H and O–H groups in total. The van der Waals surface area contributed by atoms with Crippen LogP contribution in [0.1, 0.15) is 26.3 Å². The molecule has 0 fully saturated rings. The average molecular weight is 291 g/mol. The number of allylic oxidation sites excluding steroid dienone is 2. The minimum absolute atomic E-state index is 0.807. The second-order valence-corrected chi connectivity index (χ2v) is 4.70. The summed E-state index contributed by atoms with van der Waals surface area (Å²) in [5, 5.41) is 1.88. The molecule has 0 spiro atoms. The van der Waals surface area contributed by atoms with Gasteiger partial charge in [0.2, 0.25) is 0 Å². The van der Waals surface area contributed by atoms with Crippen molar-refractivity contribution in [1.82, 2.24) is 0 Å². The van der Waals surface area contributed by atoms with Crippen molar-refractivity contribution >= 4 is 11.4 Å². The molecule has 112 valence electrons. The fourth-order valence-corrected chi connectivity index (χ4v) is 2.21. The van der Waals surface area contributed by atoms with E-state index in [2.05, 4.69) is 23.9 Å². The zero-order valence-electron chi connectivity index (χ0n) is 13.6. The molecule has 1 heterocycles. The summed E-state index contributed by atoms with van der Waals surface area (Å²) in [6, 6.07) is 16.0. The summed E-state index contributed by atoms with van der Waals surface area (Å²) in [6.45, 7) is 6.04. The van der Waals surface area contributed by atoms with Gasteiger partial charge in [-0.15, -0.1) is 5.73 Å². The number of fused-ring (bicyclic) bond motifs is 1. The van der Waals surface area contributed by atoms with Crippen LogP contribution in [-0.4, -0.2) is 7.11 Å². The molecule has 2 heteroatoms. The normalized spacial score (nSPS) is 12.2. The third-order valence-electron chi connectivity index (χ3n) is 3.20. The van der Waals surface area contributed by atoms with Crippen molar-refractivity contribution in [3.63, 3.8) is 0 Å². The molecule has 0 bridgehead atoms. The van der Waals surface area contributed by atoms with Gasteiger partial charge in [-0.25, -0.2) is 4.99 Å². The van der Waals surface area contributed by atoms with E-state index in [1.54, 1.807) is 7.11 Å². The Morgan fingerprint density at radius 3 is 2.41 bits per heavy atom. The van der Waals surface area contributed by atoms with Crippen LogP contribution in [0.5, 0.6) is 5.75 Å². The second-order valence-electron chi connectivity index (χ2n) is 4.70. The lowest BCUT2D eigenvalue weighted by molar-refractivity contribution is 0.414. The molecular formula is C20H21NO. The van der Waals surface area contributed by atoms with E-state index in [1.807, 2.05) is 57.2 Å². The Morgan fingerprint density at radius 2 is 1.73 bits per heavy atom. The highest BCUT2D eigenvalue weighted by Gasteiger charge is 2.03. The van der Waals surface area contributed by atoms with Crippen LogP contribution in [0.25, 0.3) is 11.4 Å². The lowest BCUT2D eigenvalue weighted by atomic mass is 10.1. The van der Waals surface area contributed by atoms with Gasteiger partial charge in [-0.2, -0.15) is 0 Å². The van der Waals surface area contributed by atoms with Crippen LogP contribution in [-0.2, 0) is 0 Å². The summed E-state index contributed by atoms with van der Waals surface area (Å²) in [4.78, 5) is 4.77. The lowest BCUT2D eigenvalue weighted by Gasteiger charge is -2.02. The van der Waals surface area contributed by atoms with E-state index in [-0.39, 0.29) is 0 Å². The number of ether oxygens (including phenoxy) is 1. The first-order chi connectivity index (χ1) is 10.8. The summed E-state index contributed by atoms with van der Waals surface area (Å²) < 4.78 is 5.27. The van der Waals surface area contributed by atoms with E-state index in [1.165, 1.54) is 0 Å². The molecule has 0 amide bonds. The molecule has 0 aliphatic carbocycles. The zero-order chi connectivity index (χ0) is 15.9. The quantitative estimate of drug-likeness (QED) is 0.826. The highest BCUT2D eigenvalue weighted by molar-refractivity contribution is 5.68. The Bertz CT molecular complexity index is 826. The van der Waals surface area contributed by atoms with Gasteiger partial charge in [0.25, 0.3) is 0 Å². The van der Waals surface area contributed by atoms with Crippen molar-refractivity contribution in [3.05, 3.63) is 76.3 Å². The van der Waals surface area contributed by atoms with Crippen LogP contribution in [0.2, 0.25) is 0 Å². The Morgan fingerprint density at radius 1 is 1.00 bits per heavy atom. The Kier molecular flexibility index (Phi) is 5.35. The highest BCUT2D eigenvalue weighted by atomic mass is 16.5. The fourth-order valence-electron chi connectivity index (χ4n) is 2.21. The number of rotatable bonds is 2. The van der Waals surface area contributed by atoms with Crippen LogP contribution in [0.4, 0.5) is 0 Å². The van der Waals surface area contributed by atoms with E-state index < -0.39 is 0 Å². The molecule has 0 aromatic heterocycles. The molecule has 2 nitrogen and oxygen atoms in total. The summed E-state index contributed by atoms with van der Waals surface area (Å²) in [6.07, 6.45) is 2.06. The van der Waals surface area contributed by atoms with Crippen LogP contribution < -0.4 is 15.3 Å². The van der Waals surface area contributed by atoms with Crippen LogP contribution in [0.15, 0.2) is 65.2 Å². The van der Waals surface area contributed by atoms with Gasteiger partial charge in [0.05, 0.1) is 18.2 Å². The third kappa shape index (κ3) is 3.55. The Hall–Kier alpha value is -2.57. The molecule has 1 aliphatic rings. The molecular weight excluding hydrogens is 270 g/mol. The largest absolute Gasteiger partial charge is 0.497 e. The van der Waals surface area contributed by atoms with Gasteiger partial charge in [-0.1, -0.05) is 44.2 Å². The fraction of sp³-hybridized carbons (Fsp3) is 0.200. The first kappa shape index (κ1) is 15.8. The van der Waals surface area contributed by atoms with Crippen molar-refractivity contribution in [2.75, 3.05) is 7.11 Å². The van der Waals surface area contributed by atoms with Crippen molar-refractivity contribution in [1.29, 1.82) is 0 Å². The van der Waals surface area contributed by atoms with Crippen molar-refractivity contribution in [3.8, 4) is 5.75 Å². The molecule has 0 atom stereocenters. The number of benzene rings is 2. The molecule has 0 unspecified atom stereocenters. The summed E-state index contributed by atoms with van der Waals surface area (Å²) >= 11 is 0. The Balaban J connectivity index is 0.000000847. The minimum atomic E-state index is 0.807. The molecule has 2 aromatic rings. The van der Waals surface area contributed by atoms with E-state index in [0.717, 1.165) is 33.2 Å². The van der Waals surface area contributed by atoms with Crippen LogP contribution >= 0.6 is 0 Å². The van der Waals surface area contributed by atoms with Crippen molar-refractivity contribution in [2.24, 2.45) is 4.99 Å². The zero-order valence-corrected chi connectivity index (χ0v) is 13.6. The molecule has 3 rings (SSSR count). The van der Waals surface area contributed by atoms with E-state index in [0.29, 0.717) is 0 Å². The maximum absolute atomic E-state index is 5.27. The van der Waals surface area contributed by atoms with Crippen molar-refractivity contribution < 1.29 is 4.74 Å². The molecule has 2 aromatic carbocycles. The first-order valence-electron chi connectivity index (χ1n) is 7.54. The van der Waals surface area contributed by atoms with E-state index in [4.69, 9.17) is 9.73 Å². The summed E-state index contributed by atoms with van der Waals surface area (Å²) in [7, 11) is 1.66. The maximum atomic E-state index is 5.27. The highest BCUT2D eigenvalue weighted by Crippen LogP contribution is 2.17. The van der Waals surface area contributed by atoms with Gasteiger partial charge in [0, 0.05) is 16.8 Å². The number of hydrogen-bond donors (Lipinski definition) is 0. The second kappa shape index (κ2) is 7.44. The standard InChI is InChI=1S/C18H15NO.C2H6/c1-13-10-15-8-9-16(20-2)12-18(15)19-17(11-13)14-6-4-3-5-7-14;1-2/h3-9,11-12H,1-2H3;1-2H3. The van der Waals surface area contributed by atoms with Crippen LogP contribution in [0.3, 0.4) is 0 Å². The molecule has 0 saturated carbocycles. The predicted molar refractivity (Wildman–Crippen MR) is 92.1 cm³/mol. The van der Waals surface area contributed by atoms with Gasteiger partial charge in [-0.3, -0.25) is 0 Å². The van der Waals surface area contributed by atoms with Crippen molar-refractivity contribution in [2.45, 2.75) is 20.8 Å². The number of methoxy groups -OCH3 is 1. The van der Waals surface area contributed by atoms with Gasteiger partial charge >= 0.3 is 0 Å². The van der Waals surface area contributed by atoms with Gasteiger partial charge in [0.1, 0.15) is 5.75 Å². The maximum Gasteiger partial charge on any atom is 0.121 e. The molecule has 22 heavy (non-hydrogen) atoms. The van der Waals surface area contributed by atoms with Gasteiger partial charge < -0.3 is 4.74 Å². The topological polar surface area (TPSA) is 21.6 Å². The predicted octanol–water partition coefficient (Wildman–Crippen LogP) is 3.72. The SMILES string of the molecule is CC.COc1ccc2c(c1)=NC(c1ccccc1)=CC(C)=C=2. The third-order valence-corrected chi connectivity index (χ3v) is 3.20. The minimum Gasteiger partial charge on any atom is -0.497 e. The monoisotopic (exact) mass is 291 g/mol.